The molecule has 2 aromatic carbocycles. The second kappa shape index (κ2) is 8.23. The molecule has 2 rings (SSSR count). The van der Waals surface area contributed by atoms with Gasteiger partial charge in [-0.25, -0.2) is 4.39 Å². The number of hydrogen-bond acceptors (Lipinski definition) is 2. The van der Waals surface area contributed by atoms with E-state index in [0.29, 0.717) is 22.7 Å². The van der Waals surface area contributed by atoms with Crippen LogP contribution in [-0.4, -0.2) is 5.91 Å². The van der Waals surface area contributed by atoms with E-state index in [9.17, 15) is 27.6 Å². The minimum absolute atomic E-state index is 0.251. The monoisotopic (exact) mass is 396 g/mol. The van der Waals surface area contributed by atoms with Crippen molar-refractivity contribution in [3.8, 4) is 6.07 Å². The van der Waals surface area contributed by atoms with E-state index in [1.807, 2.05) is 0 Å². The fourth-order valence-electron chi connectivity index (χ4n) is 2.35. The van der Waals surface area contributed by atoms with Gasteiger partial charge in [0.15, 0.2) is 0 Å². The lowest BCUT2D eigenvalue weighted by molar-refractivity contribution is -0.137. The summed E-state index contributed by atoms with van der Waals surface area (Å²) in [6.07, 6.45) is -3.86. The van der Waals surface area contributed by atoms with Gasteiger partial charge in [0, 0.05) is 5.02 Å². The van der Waals surface area contributed by atoms with Crippen LogP contribution in [0.15, 0.2) is 48.0 Å². The van der Waals surface area contributed by atoms with Crippen LogP contribution in [0.2, 0.25) is 5.02 Å². The molecule has 27 heavy (non-hydrogen) atoms. The van der Waals surface area contributed by atoms with Crippen molar-refractivity contribution in [3.63, 3.8) is 0 Å². The zero-order valence-electron chi connectivity index (χ0n) is 13.9. The summed E-state index contributed by atoms with van der Waals surface area (Å²) in [6, 6.07) is 9.60. The van der Waals surface area contributed by atoms with Crippen LogP contribution < -0.4 is 5.32 Å². The maximum Gasteiger partial charge on any atom is 0.416 e. The average Bonchev–Trinajstić information content (AvgIpc) is 2.58. The summed E-state index contributed by atoms with van der Waals surface area (Å²) >= 11 is 6.04. The lowest BCUT2D eigenvalue weighted by Gasteiger charge is -2.15. The first-order chi connectivity index (χ1) is 12.6. The van der Waals surface area contributed by atoms with Gasteiger partial charge in [-0.1, -0.05) is 29.8 Å². The summed E-state index contributed by atoms with van der Waals surface area (Å²) in [7, 11) is 0. The van der Waals surface area contributed by atoms with Crippen LogP contribution in [-0.2, 0) is 11.0 Å². The quantitative estimate of drug-likeness (QED) is 0.434. The Labute approximate surface area is 157 Å². The highest BCUT2D eigenvalue weighted by Crippen LogP contribution is 2.31. The first-order valence-electron chi connectivity index (χ1n) is 7.66. The largest absolute Gasteiger partial charge is 0.416 e. The third-order valence-electron chi connectivity index (χ3n) is 3.64. The molecule has 1 atom stereocenters. The highest BCUT2D eigenvalue weighted by Gasteiger charge is 2.31. The van der Waals surface area contributed by atoms with Crippen molar-refractivity contribution in [2.24, 2.45) is 0 Å². The molecule has 0 saturated carbocycles. The molecular weight excluding hydrogens is 384 g/mol. The summed E-state index contributed by atoms with van der Waals surface area (Å²) < 4.78 is 51.8. The Hall–Kier alpha value is -2.85. The van der Waals surface area contributed by atoms with E-state index >= 15 is 0 Å². The minimum Gasteiger partial charge on any atom is -0.345 e. The molecule has 140 valence electrons. The number of carbonyl (C=O) groups is 1. The fraction of sp³-hybridized carbons (Fsp3) is 0.158. The predicted octanol–water partition coefficient (Wildman–Crippen LogP) is 5.28. The third kappa shape index (κ3) is 5.31. The summed E-state index contributed by atoms with van der Waals surface area (Å²) in [5.74, 6) is -1.94. The van der Waals surface area contributed by atoms with Crippen LogP contribution >= 0.6 is 11.6 Å². The number of rotatable bonds is 4. The van der Waals surface area contributed by atoms with Crippen molar-refractivity contribution in [2.75, 3.05) is 0 Å². The van der Waals surface area contributed by atoms with Crippen molar-refractivity contribution in [1.29, 1.82) is 5.26 Å². The number of amides is 1. The van der Waals surface area contributed by atoms with E-state index in [2.05, 4.69) is 5.32 Å². The molecule has 0 heterocycles. The molecule has 1 amide bonds. The number of nitriles is 1. The van der Waals surface area contributed by atoms with Crippen molar-refractivity contribution in [2.45, 2.75) is 19.1 Å². The van der Waals surface area contributed by atoms with Gasteiger partial charge in [-0.15, -0.1) is 0 Å². The highest BCUT2D eigenvalue weighted by atomic mass is 35.5. The van der Waals surface area contributed by atoms with Crippen LogP contribution in [0, 0.1) is 17.1 Å². The Morgan fingerprint density at radius 1 is 1.26 bits per heavy atom. The Morgan fingerprint density at radius 3 is 2.52 bits per heavy atom. The van der Waals surface area contributed by atoms with E-state index in [1.54, 1.807) is 37.3 Å². The number of carbonyl (C=O) groups excluding carboxylic acids is 1. The number of nitrogens with one attached hydrogen (secondary N) is 1. The molecule has 0 aliphatic heterocycles. The number of halogens is 5. The fourth-order valence-corrected chi connectivity index (χ4v) is 2.65. The van der Waals surface area contributed by atoms with E-state index in [0.717, 1.165) is 12.1 Å². The molecule has 0 aliphatic carbocycles. The van der Waals surface area contributed by atoms with Gasteiger partial charge < -0.3 is 5.32 Å². The van der Waals surface area contributed by atoms with Gasteiger partial charge in [-0.3, -0.25) is 4.79 Å². The van der Waals surface area contributed by atoms with Gasteiger partial charge in [-0.05, 0) is 48.4 Å². The number of alkyl halides is 3. The topological polar surface area (TPSA) is 52.9 Å². The molecular formula is C19H13ClF4N2O. The smallest absolute Gasteiger partial charge is 0.345 e. The van der Waals surface area contributed by atoms with Gasteiger partial charge in [0.1, 0.15) is 17.5 Å². The highest BCUT2D eigenvalue weighted by molar-refractivity contribution is 6.31. The molecule has 0 bridgehead atoms. The summed E-state index contributed by atoms with van der Waals surface area (Å²) in [5, 5.41) is 12.1. The maximum atomic E-state index is 13.5. The molecule has 0 radical (unpaired) electrons. The van der Waals surface area contributed by atoms with E-state index in [-0.39, 0.29) is 5.56 Å². The molecule has 0 fully saturated rings. The Kier molecular flexibility index (Phi) is 6.24. The van der Waals surface area contributed by atoms with Gasteiger partial charge in [0.2, 0.25) is 0 Å². The van der Waals surface area contributed by atoms with Crippen LogP contribution in [0.25, 0.3) is 6.08 Å². The molecule has 0 aliphatic rings. The van der Waals surface area contributed by atoms with E-state index in [1.165, 1.54) is 0 Å². The first-order valence-corrected chi connectivity index (χ1v) is 8.04. The molecule has 0 saturated heterocycles. The second-order valence-electron chi connectivity index (χ2n) is 5.66. The van der Waals surface area contributed by atoms with Crippen LogP contribution in [0.1, 0.15) is 29.7 Å². The zero-order chi connectivity index (χ0) is 20.2. The standard InChI is InChI=1S/C19H13ClF4N2O/c1-11(16-4-2-3-5-17(16)20)26-18(27)13(10-25)6-12-7-14(19(22,23)24)9-15(21)8-12/h2-9,11H,1H3,(H,26,27)/t11-/m0/s1. The van der Waals surface area contributed by atoms with Crippen LogP contribution in [0.3, 0.4) is 0 Å². The molecule has 1 N–H and O–H groups in total. The molecule has 0 spiro atoms. The van der Waals surface area contributed by atoms with Gasteiger partial charge in [-0.2, -0.15) is 18.4 Å². The van der Waals surface area contributed by atoms with Crippen molar-refractivity contribution < 1.29 is 22.4 Å². The summed E-state index contributed by atoms with van der Waals surface area (Å²) in [4.78, 5) is 12.3. The Balaban J connectivity index is 2.28. The normalized spacial score (nSPS) is 13.0. The number of hydrogen-bond donors (Lipinski definition) is 1. The van der Waals surface area contributed by atoms with Crippen LogP contribution in [0.5, 0.6) is 0 Å². The summed E-state index contributed by atoms with van der Waals surface area (Å²) in [5.41, 5.74) is -1.32. The lowest BCUT2D eigenvalue weighted by Crippen LogP contribution is -2.27. The molecule has 8 heteroatoms. The first kappa shape index (κ1) is 20.5. The van der Waals surface area contributed by atoms with E-state index < -0.39 is 35.1 Å². The van der Waals surface area contributed by atoms with Gasteiger partial charge >= 0.3 is 6.18 Å². The average molecular weight is 397 g/mol. The van der Waals surface area contributed by atoms with Gasteiger partial charge in [0.05, 0.1) is 11.6 Å². The number of nitrogens with zero attached hydrogens (tertiary/aromatic N) is 1. The molecule has 0 aromatic heterocycles. The SMILES string of the molecule is C[C@H](NC(=O)C(C#N)=Cc1cc(F)cc(C(F)(F)F)c1)c1ccccc1Cl. The van der Waals surface area contributed by atoms with Crippen molar-refractivity contribution in [3.05, 3.63) is 75.6 Å². The molecule has 2 aromatic rings. The molecule has 3 nitrogen and oxygen atoms in total. The number of benzene rings is 2. The van der Waals surface area contributed by atoms with E-state index in [4.69, 9.17) is 11.6 Å². The Morgan fingerprint density at radius 2 is 1.93 bits per heavy atom. The van der Waals surface area contributed by atoms with Crippen molar-refractivity contribution in [1.82, 2.24) is 5.32 Å². The maximum absolute atomic E-state index is 13.5. The van der Waals surface area contributed by atoms with Crippen LogP contribution in [0.4, 0.5) is 17.6 Å². The molecule has 0 unspecified atom stereocenters. The van der Waals surface area contributed by atoms with Gasteiger partial charge in [0.25, 0.3) is 5.91 Å². The predicted molar refractivity (Wildman–Crippen MR) is 93.0 cm³/mol. The third-order valence-corrected chi connectivity index (χ3v) is 3.99. The second-order valence-corrected chi connectivity index (χ2v) is 6.06. The Bertz CT molecular complexity index is 932. The summed E-state index contributed by atoms with van der Waals surface area (Å²) in [6.45, 7) is 1.64. The zero-order valence-corrected chi connectivity index (χ0v) is 14.7. The lowest BCUT2D eigenvalue weighted by atomic mass is 10.1. The van der Waals surface area contributed by atoms with Crippen molar-refractivity contribution >= 4 is 23.6 Å². The minimum atomic E-state index is -4.75.